The van der Waals surface area contributed by atoms with Crippen LogP contribution in [0.2, 0.25) is 0 Å². The molecule has 0 aromatic rings. The first kappa shape index (κ1) is 8.50. The van der Waals surface area contributed by atoms with Gasteiger partial charge in [0.15, 0.2) is 0 Å². The Kier molecular flexibility index (Phi) is 3.32. The average Bonchev–Trinajstić information content (AvgIpc) is 1.84. The lowest BCUT2D eigenvalue weighted by Gasteiger charge is -2.15. The summed E-state index contributed by atoms with van der Waals surface area (Å²) in [5.41, 5.74) is 0. The summed E-state index contributed by atoms with van der Waals surface area (Å²) in [6, 6.07) is 0. The maximum atomic E-state index is 9.17. The second-order valence-corrected chi connectivity index (χ2v) is 2.36. The van der Waals surface area contributed by atoms with Gasteiger partial charge in [-0.15, -0.1) is 0 Å². The van der Waals surface area contributed by atoms with Crippen molar-refractivity contribution in [2.45, 2.75) is 20.0 Å². The standard InChI is InChI=1S/C7H14O2/c1-5(2)7(8)6(3)9-4/h5,7-8H,3H2,1-2,4H3. The number of aliphatic hydroxyl groups is 1. The molecule has 2 nitrogen and oxygen atoms in total. The number of ether oxygens (including phenoxy) is 1. The molecule has 0 aliphatic carbocycles. The van der Waals surface area contributed by atoms with Gasteiger partial charge in [0.05, 0.1) is 7.11 Å². The van der Waals surface area contributed by atoms with E-state index in [1.165, 1.54) is 7.11 Å². The van der Waals surface area contributed by atoms with E-state index in [1.807, 2.05) is 13.8 Å². The average molecular weight is 130 g/mol. The van der Waals surface area contributed by atoms with Gasteiger partial charge < -0.3 is 9.84 Å². The predicted octanol–water partition coefficient (Wildman–Crippen LogP) is 1.16. The Balaban J connectivity index is 3.72. The minimum absolute atomic E-state index is 0.178. The van der Waals surface area contributed by atoms with E-state index in [4.69, 9.17) is 4.74 Å². The Morgan fingerprint density at radius 3 is 2.11 bits per heavy atom. The molecule has 0 radical (unpaired) electrons. The van der Waals surface area contributed by atoms with Crippen LogP contribution in [0.3, 0.4) is 0 Å². The van der Waals surface area contributed by atoms with E-state index in [0.29, 0.717) is 5.76 Å². The zero-order chi connectivity index (χ0) is 7.44. The zero-order valence-electron chi connectivity index (χ0n) is 6.22. The maximum absolute atomic E-state index is 9.17. The van der Waals surface area contributed by atoms with Gasteiger partial charge in [-0.2, -0.15) is 0 Å². The van der Waals surface area contributed by atoms with Gasteiger partial charge in [-0.1, -0.05) is 20.4 Å². The summed E-state index contributed by atoms with van der Waals surface area (Å²) < 4.78 is 4.73. The first-order valence-corrected chi connectivity index (χ1v) is 3.00. The van der Waals surface area contributed by atoms with Crippen LogP contribution in [0.15, 0.2) is 12.3 Å². The van der Waals surface area contributed by atoms with Gasteiger partial charge in [0.2, 0.25) is 0 Å². The largest absolute Gasteiger partial charge is 0.499 e. The lowest BCUT2D eigenvalue weighted by atomic mass is 10.1. The summed E-state index contributed by atoms with van der Waals surface area (Å²) in [5.74, 6) is 0.613. The predicted molar refractivity (Wildman–Crippen MR) is 37.0 cm³/mol. The smallest absolute Gasteiger partial charge is 0.117 e. The van der Waals surface area contributed by atoms with Gasteiger partial charge in [0, 0.05) is 0 Å². The molecule has 0 aliphatic heterocycles. The van der Waals surface area contributed by atoms with E-state index in [-0.39, 0.29) is 5.92 Å². The van der Waals surface area contributed by atoms with Crippen molar-refractivity contribution >= 4 is 0 Å². The van der Waals surface area contributed by atoms with Crippen molar-refractivity contribution < 1.29 is 9.84 Å². The highest BCUT2D eigenvalue weighted by molar-refractivity contribution is 4.92. The van der Waals surface area contributed by atoms with Gasteiger partial charge in [-0.05, 0) is 5.92 Å². The Morgan fingerprint density at radius 1 is 1.56 bits per heavy atom. The fourth-order valence-corrected chi connectivity index (χ4v) is 0.493. The topological polar surface area (TPSA) is 29.5 Å². The Hall–Kier alpha value is -0.500. The van der Waals surface area contributed by atoms with Crippen molar-refractivity contribution in [1.82, 2.24) is 0 Å². The van der Waals surface area contributed by atoms with Crippen LogP contribution >= 0.6 is 0 Å². The molecule has 0 aliphatic rings. The monoisotopic (exact) mass is 130 g/mol. The number of rotatable bonds is 3. The third kappa shape index (κ3) is 2.51. The number of hydrogen-bond donors (Lipinski definition) is 1. The van der Waals surface area contributed by atoms with Crippen LogP contribution in [0.5, 0.6) is 0 Å². The maximum Gasteiger partial charge on any atom is 0.117 e. The molecule has 0 spiro atoms. The van der Waals surface area contributed by atoms with Gasteiger partial charge in [-0.25, -0.2) is 0 Å². The van der Waals surface area contributed by atoms with Gasteiger partial charge in [0.1, 0.15) is 11.9 Å². The molecule has 0 aromatic heterocycles. The Bertz CT molecular complexity index is 97.1. The van der Waals surface area contributed by atoms with Crippen molar-refractivity contribution in [2.75, 3.05) is 7.11 Å². The molecule has 1 atom stereocenters. The second kappa shape index (κ2) is 3.51. The van der Waals surface area contributed by atoms with Crippen molar-refractivity contribution in [1.29, 1.82) is 0 Å². The Morgan fingerprint density at radius 2 is 2.00 bits per heavy atom. The van der Waals surface area contributed by atoms with Crippen molar-refractivity contribution in [2.24, 2.45) is 5.92 Å². The normalized spacial score (nSPS) is 13.4. The fraction of sp³-hybridized carbons (Fsp3) is 0.714. The summed E-state index contributed by atoms with van der Waals surface area (Å²) >= 11 is 0. The Labute approximate surface area is 56.1 Å². The van der Waals surface area contributed by atoms with E-state index in [9.17, 15) is 5.11 Å². The van der Waals surface area contributed by atoms with Crippen LogP contribution in [0.25, 0.3) is 0 Å². The molecule has 0 saturated heterocycles. The molecule has 1 N–H and O–H groups in total. The molecule has 54 valence electrons. The summed E-state index contributed by atoms with van der Waals surface area (Å²) in [6.45, 7) is 7.35. The number of methoxy groups -OCH3 is 1. The van der Waals surface area contributed by atoms with E-state index >= 15 is 0 Å². The van der Waals surface area contributed by atoms with Crippen LogP contribution in [0.1, 0.15) is 13.8 Å². The molecule has 0 fully saturated rings. The van der Waals surface area contributed by atoms with E-state index in [1.54, 1.807) is 0 Å². The number of hydrogen-bond acceptors (Lipinski definition) is 2. The van der Waals surface area contributed by atoms with E-state index in [2.05, 4.69) is 6.58 Å². The van der Waals surface area contributed by atoms with Crippen LogP contribution in [0.4, 0.5) is 0 Å². The molecular weight excluding hydrogens is 116 g/mol. The third-order valence-corrected chi connectivity index (χ3v) is 1.22. The lowest BCUT2D eigenvalue weighted by Crippen LogP contribution is -2.17. The third-order valence-electron chi connectivity index (χ3n) is 1.22. The SMILES string of the molecule is C=C(OC)C(O)C(C)C. The van der Waals surface area contributed by atoms with Crippen LogP contribution in [0, 0.1) is 5.92 Å². The quantitative estimate of drug-likeness (QED) is 0.581. The fourth-order valence-electron chi connectivity index (χ4n) is 0.493. The molecule has 0 bridgehead atoms. The van der Waals surface area contributed by atoms with Crippen LogP contribution in [-0.2, 0) is 4.74 Å². The number of aliphatic hydroxyl groups excluding tert-OH is 1. The van der Waals surface area contributed by atoms with E-state index in [0.717, 1.165) is 0 Å². The summed E-state index contributed by atoms with van der Waals surface area (Å²) in [6.07, 6.45) is -0.532. The minimum Gasteiger partial charge on any atom is -0.499 e. The highest BCUT2D eigenvalue weighted by atomic mass is 16.5. The highest BCUT2D eigenvalue weighted by Gasteiger charge is 2.12. The van der Waals surface area contributed by atoms with Crippen molar-refractivity contribution in [3.63, 3.8) is 0 Å². The zero-order valence-corrected chi connectivity index (χ0v) is 6.22. The molecule has 0 saturated carbocycles. The molecule has 0 aromatic carbocycles. The lowest BCUT2D eigenvalue weighted by molar-refractivity contribution is 0.0940. The van der Waals surface area contributed by atoms with Gasteiger partial charge in [0.25, 0.3) is 0 Å². The molecule has 0 rings (SSSR count). The highest BCUT2D eigenvalue weighted by Crippen LogP contribution is 2.09. The molecule has 0 amide bonds. The van der Waals surface area contributed by atoms with Crippen LogP contribution in [-0.4, -0.2) is 18.3 Å². The van der Waals surface area contributed by atoms with Crippen LogP contribution < -0.4 is 0 Å². The van der Waals surface area contributed by atoms with Gasteiger partial charge in [-0.3, -0.25) is 0 Å². The summed E-state index contributed by atoms with van der Waals surface area (Å²) in [4.78, 5) is 0. The molecule has 9 heavy (non-hydrogen) atoms. The van der Waals surface area contributed by atoms with E-state index < -0.39 is 6.10 Å². The van der Waals surface area contributed by atoms with Gasteiger partial charge >= 0.3 is 0 Å². The summed E-state index contributed by atoms with van der Waals surface area (Å²) in [7, 11) is 1.51. The van der Waals surface area contributed by atoms with Crippen molar-refractivity contribution in [3.05, 3.63) is 12.3 Å². The first-order valence-electron chi connectivity index (χ1n) is 3.00. The minimum atomic E-state index is -0.532. The summed E-state index contributed by atoms with van der Waals surface area (Å²) in [5, 5.41) is 9.17. The molecule has 0 heterocycles. The molecule has 1 unspecified atom stereocenters. The molecule has 2 heteroatoms. The second-order valence-electron chi connectivity index (χ2n) is 2.36. The molecular formula is C7H14O2. The van der Waals surface area contributed by atoms with Crippen molar-refractivity contribution in [3.8, 4) is 0 Å². The first-order chi connectivity index (χ1) is 4.09.